The van der Waals surface area contributed by atoms with Gasteiger partial charge in [-0.05, 0) is 43.7 Å². The molecule has 0 radical (unpaired) electrons. The molecule has 2 aromatic carbocycles. The molecule has 0 aliphatic heterocycles. The summed E-state index contributed by atoms with van der Waals surface area (Å²) in [6.45, 7) is 4.88. The maximum atomic E-state index is 12.8. The number of carbonyl (C=O) groups is 1. The van der Waals surface area contributed by atoms with Gasteiger partial charge in [0.05, 0.1) is 12.1 Å². The highest BCUT2D eigenvalue weighted by molar-refractivity contribution is 6.30. The van der Waals surface area contributed by atoms with Crippen molar-refractivity contribution in [2.24, 2.45) is 0 Å². The van der Waals surface area contributed by atoms with Crippen molar-refractivity contribution in [2.75, 3.05) is 6.54 Å². The van der Waals surface area contributed by atoms with Gasteiger partial charge in [0.1, 0.15) is 5.82 Å². The molecule has 2 aromatic heterocycles. The van der Waals surface area contributed by atoms with Crippen molar-refractivity contribution in [3.8, 4) is 0 Å². The number of aryl methyl sites for hydroxylation is 2. The molecule has 0 spiro atoms. The van der Waals surface area contributed by atoms with Crippen molar-refractivity contribution in [3.63, 3.8) is 0 Å². The third-order valence-electron chi connectivity index (χ3n) is 4.78. The molecular formula is C23H22ClN5O. The Balaban J connectivity index is 1.51. The van der Waals surface area contributed by atoms with E-state index in [9.17, 15) is 4.79 Å². The van der Waals surface area contributed by atoms with Crippen LogP contribution in [-0.2, 0) is 13.0 Å². The molecule has 0 bridgehead atoms. The summed E-state index contributed by atoms with van der Waals surface area (Å²) < 4.78 is 1.85. The fourth-order valence-electron chi connectivity index (χ4n) is 3.46. The molecule has 0 atom stereocenters. The molecule has 4 rings (SSSR count). The first-order chi connectivity index (χ1) is 14.5. The molecule has 0 aliphatic rings. The van der Waals surface area contributed by atoms with E-state index in [0.717, 1.165) is 33.7 Å². The van der Waals surface area contributed by atoms with E-state index in [4.69, 9.17) is 11.6 Å². The van der Waals surface area contributed by atoms with Crippen molar-refractivity contribution in [2.45, 2.75) is 26.8 Å². The summed E-state index contributed by atoms with van der Waals surface area (Å²) in [5.74, 6) is 0.524. The second-order valence-corrected chi connectivity index (χ2v) is 7.66. The highest BCUT2D eigenvalue weighted by Gasteiger charge is 2.17. The molecule has 0 fully saturated rings. The average molecular weight is 420 g/mol. The molecule has 0 saturated carbocycles. The summed E-state index contributed by atoms with van der Waals surface area (Å²) in [4.78, 5) is 21.7. The lowest BCUT2D eigenvalue weighted by molar-refractivity contribution is 0.0949. The van der Waals surface area contributed by atoms with Gasteiger partial charge >= 0.3 is 0 Å². The summed E-state index contributed by atoms with van der Waals surface area (Å²) in [6.07, 6.45) is 0.567. The minimum atomic E-state index is -0.203. The van der Waals surface area contributed by atoms with Gasteiger partial charge in [-0.15, -0.1) is 0 Å². The van der Waals surface area contributed by atoms with Gasteiger partial charge in [0.15, 0.2) is 5.69 Å². The van der Waals surface area contributed by atoms with E-state index in [1.54, 1.807) is 0 Å². The third kappa shape index (κ3) is 4.49. The smallest absolute Gasteiger partial charge is 0.272 e. The van der Waals surface area contributed by atoms with Crippen LogP contribution < -0.4 is 5.32 Å². The number of hydrogen-bond acceptors (Lipinski definition) is 4. The first-order valence-electron chi connectivity index (χ1n) is 9.79. The first-order valence-corrected chi connectivity index (χ1v) is 10.2. The van der Waals surface area contributed by atoms with Crippen LogP contribution in [0.3, 0.4) is 0 Å². The van der Waals surface area contributed by atoms with Gasteiger partial charge < -0.3 is 5.32 Å². The molecule has 152 valence electrons. The van der Waals surface area contributed by atoms with Gasteiger partial charge in [-0.2, -0.15) is 5.10 Å². The highest BCUT2D eigenvalue weighted by Crippen LogP contribution is 2.20. The maximum Gasteiger partial charge on any atom is 0.272 e. The third-order valence-corrected chi connectivity index (χ3v) is 5.03. The monoisotopic (exact) mass is 419 g/mol. The molecule has 1 amide bonds. The molecule has 7 heteroatoms. The number of fused-ring (bicyclic) bond motifs is 1. The predicted octanol–water partition coefficient (Wildman–Crippen LogP) is 4.12. The normalized spacial score (nSPS) is 11.0. The van der Waals surface area contributed by atoms with Crippen LogP contribution in [-0.4, -0.2) is 32.2 Å². The molecule has 4 aromatic rings. The van der Waals surface area contributed by atoms with Gasteiger partial charge in [0, 0.05) is 34.8 Å². The number of benzene rings is 2. The molecule has 6 nitrogen and oxygen atoms in total. The highest BCUT2D eigenvalue weighted by atomic mass is 35.5. The number of amides is 1. The number of rotatable bonds is 6. The van der Waals surface area contributed by atoms with Gasteiger partial charge in [-0.25, -0.2) is 9.97 Å². The molecule has 0 saturated heterocycles. The molecular weight excluding hydrogens is 398 g/mol. The van der Waals surface area contributed by atoms with E-state index >= 15 is 0 Å². The Labute approximate surface area is 179 Å². The summed E-state index contributed by atoms with van der Waals surface area (Å²) in [6, 6.07) is 17.3. The van der Waals surface area contributed by atoms with E-state index in [1.165, 1.54) is 0 Å². The lowest BCUT2D eigenvalue weighted by atomic mass is 10.2. The number of nitrogens with zero attached hydrogens (tertiary/aromatic N) is 4. The van der Waals surface area contributed by atoms with Crippen LogP contribution in [0.5, 0.6) is 0 Å². The molecule has 0 unspecified atom stereocenters. The SMILES string of the molecule is Cc1cc(C)nc(CCNC(=O)c2nn(Cc3ccc(Cl)cc3)c3ccccc23)n1. The number of hydrogen-bond donors (Lipinski definition) is 1. The summed E-state index contributed by atoms with van der Waals surface area (Å²) in [5, 5.41) is 9.07. The topological polar surface area (TPSA) is 72.7 Å². The Morgan fingerprint density at radius 2 is 1.73 bits per heavy atom. The first kappa shape index (κ1) is 20.0. The molecule has 30 heavy (non-hydrogen) atoms. The summed E-state index contributed by atoms with van der Waals surface area (Å²) >= 11 is 5.98. The van der Waals surface area contributed by atoms with E-state index in [2.05, 4.69) is 20.4 Å². The van der Waals surface area contributed by atoms with Crippen molar-refractivity contribution >= 4 is 28.4 Å². The van der Waals surface area contributed by atoms with Gasteiger partial charge in [0.2, 0.25) is 0 Å². The predicted molar refractivity (Wildman–Crippen MR) is 118 cm³/mol. The quantitative estimate of drug-likeness (QED) is 0.510. The van der Waals surface area contributed by atoms with Crippen molar-refractivity contribution < 1.29 is 4.79 Å². The zero-order chi connectivity index (χ0) is 21.1. The van der Waals surface area contributed by atoms with Crippen LogP contribution in [0.15, 0.2) is 54.6 Å². The van der Waals surface area contributed by atoms with Gasteiger partial charge in [0.25, 0.3) is 5.91 Å². The molecule has 1 N–H and O–H groups in total. The number of nitrogens with one attached hydrogen (secondary N) is 1. The minimum absolute atomic E-state index is 0.203. The molecule has 0 aliphatic carbocycles. The maximum absolute atomic E-state index is 12.8. The van der Waals surface area contributed by atoms with E-state index < -0.39 is 0 Å². The number of carbonyl (C=O) groups excluding carboxylic acids is 1. The van der Waals surface area contributed by atoms with E-state index in [-0.39, 0.29) is 5.91 Å². The number of halogens is 1. The van der Waals surface area contributed by atoms with Crippen LogP contribution in [0.4, 0.5) is 0 Å². The second kappa shape index (κ2) is 8.63. The fraction of sp³-hybridized carbons (Fsp3) is 0.217. The fourth-order valence-corrected chi connectivity index (χ4v) is 3.59. The van der Waals surface area contributed by atoms with Crippen molar-refractivity contribution in [3.05, 3.63) is 88.1 Å². The molecule has 2 heterocycles. The van der Waals surface area contributed by atoms with Crippen molar-refractivity contribution in [1.29, 1.82) is 0 Å². The standard InChI is InChI=1S/C23H22ClN5O/c1-15-13-16(2)27-21(26-15)11-12-25-23(30)22-19-5-3-4-6-20(19)29(28-22)14-17-7-9-18(24)10-8-17/h3-10,13H,11-12,14H2,1-2H3,(H,25,30). The van der Waals surface area contributed by atoms with Crippen LogP contribution in [0.1, 0.15) is 33.3 Å². The minimum Gasteiger partial charge on any atom is -0.350 e. The Morgan fingerprint density at radius 3 is 2.47 bits per heavy atom. The number of para-hydroxylation sites is 1. The van der Waals surface area contributed by atoms with E-state index in [1.807, 2.05) is 73.1 Å². The van der Waals surface area contributed by atoms with Crippen LogP contribution in [0.2, 0.25) is 5.02 Å². The van der Waals surface area contributed by atoms with E-state index in [0.29, 0.717) is 30.2 Å². The average Bonchev–Trinajstić information content (AvgIpc) is 3.08. The summed E-state index contributed by atoms with van der Waals surface area (Å²) in [7, 11) is 0. The Hall–Kier alpha value is -3.25. The number of aromatic nitrogens is 4. The van der Waals surface area contributed by atoms with Crippen LogP contribution in [0, 0.1) is 13.8 Å². The Morgan fingerprint density at radius 1 is 1.03 bits per heavy atom. The van der Waals surface area contributed by atoms with Gasteiger partial charge in [-0.3, -0.25) is 9.48 Å². The second-order valence-electron chi connectivity index (χ2n) is 7.22. The summed E-state index contributed by atoms with van der Waals surface area (Å²) in [5.41, 5.74) is 4.24. The van der Waals surface area contributed by atoms with Crippen LogP contribution in [0.25, 0.3) is 10.9 Å². The van der Waals surface area contributed by atoms with Gasteiger partial charge in [-0.1, -0.05) is 41.9 Å². The zero-order valence-corrected chi connectivity index (χ0v) is 17.6. The lowest BCUT2D eigenvalue weighted by Gasteiger charge is -2.05. The Kier molecular flexibility index (Phi) is 5.77. The largest absolute Gasteiger partial charge is 0.350 e. The van der Waals surface area contributed by atoms with Crippen LogP contribution >= 0.6 is 11.6 Å². The lowest BCUT2D eigenvalue weighted by Crippen LogP contribution is -2.27. The zero-order valence-electron chi connectivity index (χ0n) is 16.9. The Bertz CT molecular complexity index is 1180. The van der Waals surface area contributed by atoms with Crippen molar-refractivity contribution in [1.82, 2.24) is 25.1 Å².